The number of ether oxygens (including phenoxy) is 2. The minimum Gasteiger partial charge on any atom is -0.497 e. The van der Waals surface area contributed by atoms with Crippen LogP contribution in [0.3, 0.4) is 0 Å². The Balaban J connectivity index is 1.61. The normalized spacial score (nSPS) is 11.6. The maximum atomic E-state index is 13.0. The monoisotopic (exact) mass is 400 g/mol. The number of H-pyrrole nitrogens is 1. The quantitative estimate of drug-likeness (QED) is 0.459. The molecule has 1 aromatic heterocycles. The number of benzene rings is 3. The first-order chi connectivity index (χ1) is 14.7. The Morgan fingerprint density at radius 1 is 0.933 bits per heavy atom. The van der Waals surface area contributed by atoms with Gasteiger partial charge in [0.1, 0.15) is 5.75 Å². The first-order valence-corrected chi connectivity index (χ1v) is 9.42. The number of hydrogen-bond donors (Lipinski definition) is 2. The number of nitrogens with one attached hydrogen (secondary N) is 2. The van der Waals surface area contributed by atoms with Crippen molar-refractivity contribution in [3.05, 3.63) is 96.2 Å². The average Bonchev–Trinajstić information content (AvgIpc) is 3.22. The van der Waals surface area contributed by atoms with E-state index in [0.29, 0.717) is 22.6 Å². The molecule has 4 rings (SSSR count). The van der Waals surface area contributed by atoms with E-state index in [1.54, 1.807) is 61.8 Å². The summed E-state index contributed by atoms with van der Waals surface area (Å²) in [5.41, 5.74) is 2.32. The lowest BCUT2D eigenvalue weighted by Crippen LogP contribution is -2.26. The fraction of sp³-hybridized carbons (Fsp3) is 0.0833. The molecular formula is C24H20N2O4. The molecule has 0 saturated carbocycles. The van der Waals surface area contributed by atoms with Crippen LogP contribution in [0.15, 0.2) is 85.1 Å². The lowest BCUT2D eigenvalue weighted by Gasteiger charge is -2.18. The fourth-order valence-corrected chi connectivity index (χ4v) is 3.22. The number of para-hydroxylation sites is 1. The van der Waals surface area contributed by atoms with E-state index in [9.17, 15) is 9.59 Å². The van der Waals surface area contributed by atoms with Gasteiger partial charge in [-0.05, 0) is 18.2 Å². The van der Waals surface area contributed by atoms with Gasteiger partial charge >= 0.3 is 5.97 Å². The molecule has 6 nitrogen and oxygen atoms in total. The van der Waals surface area contributed by atoms with E-state index >= 15 is 0 Å². The lowest BCUT2D eigenvalue weighted by atomic mass is 10.1. The zero-order chi connectivity index (χ0) is 20.9. The Bertz CT molecular complexity index is 1180. The zero-order valence-electron chi connectivity index (χ0n) is 16.3. The van der Waals surface area contributed by atoms with Gasteiger partial charge in [0.2, 0.25) is 6.10 Å². The molecule has 1 atom stereocenters. The summed E-state index contributed by atoms with van der Waals surface area (Å²) in [5.74, 6) is -0.426. The minimum atomic E-state index is -1.11. The number of carbonyl (C=O) groups is 2. The van der Waals surface area contributed by atoms with Crippen LogP contribution < -0.4 is 10.1 Å². The van der Waals surface area contributed by atoms with Gasteiger partial charge in [-0.2, -0.15) is 0 Å². The van der Waals surface area contributed by atoms with E-state index in [1.807, 2.05) is 30.3 Å². The van der Waals surface area contributed by atoms with Crippen LogP contribution in [0.1, 0.15) is 22.0 Å². The molecule has 0 spiro atoms. The van der Waals surface area contributed by atoms with Crippen molar-refractivity contribution in [1.82, 2.24) is 4.98 Å². The van der Waals surface area contributed by atoms with Crippen molar-refractivity contribution in [3.8, 4) is 5.75 Å². The molecule has 0 fully saturated rings. The molecular weight excluding hydrogens is 380 g/mol. The Hall–Kier alpha value is -4.06. The number of esters is 1. The van der Waals surface area contributed by atoms with Crippen LogP contribution in [-0.2, 0) is 9.53 Å². The highest BCUT2D eigenvalue weighted by molar-refractivity contribution is 6.05. The highest BCUT2D eigenvalue weighted by atomic mass is 16.5. The van der Waals surface area contributed by atoms with Crippen LogP contribution in [0.4, 0.5) is 5.69 Å². The Morgan fingerprint density at radius 3 is 2.50 bits per heavy atom. The largest absolute Gasteiger partial charge is 0.497 e. The molecule has 3 aromatic carbocycles. The second kappa shape index (κ2) is 8.53. The van der Waals surface area contributed by atoms with Gasteiger partial charge in [-0.3, -0.25) is 4.79 Å². The Morgan fingerprint density at radius 2 is 1.70 bits per heavy atom. The van der Waals surface area contributed by atoms with Crippen LogP contribution in [-0.4, -0.2) is 24.0 Å². The minimum absolute atomic E-state index is 0.376. The number of methoxy groups -OCH3 is 1. The third-order valence-electron chi connectivity index (χ3n) is 4.71. The maximum absolute atomic E-state index is 13.0. The standard InChI is InChI=1S/C24H20N2O4/c1-29-18-11-7-10-17(14-18)26-23(27)22(16-8-3-2-4-9-16)30-24(28)20-15-25-21-13-6-5-12-19(20)21/h2-15,22,25H,1H3,(H,26,27)/t22-/m1/s1. The second-order valence-electron chi connectivity index (χ2n) is 6.67. The molecule has 2 N–H and O–H groups in total. The summed E-state index contributed by atoms with van der Waals surface area (Å²) in [4.78, 5) is 29.0. The predicted octanol–water partition coefficient (Wildman–Crippen LogP) is 4.71. The van der Waals surface area contributed by atoms with E-state index in [-0.39, 0.29) is 0 Å². The third-order valence-corrected chi connectivity index (χ3v) is 4.71. The average molecular weight is 400 g/mol. The van der Waals surface area contributed by atoms with Gasteiger partial charge in [0.15, 0.2) is 0 Å². The number of amides is 1. The van der Waals surface area contributed by atoms with E-state index < -0.39 is 18.0 Å². The highest BCUT2D eigenvalue weighted by Crippen LogP contribution is 2.25. The van der Waals surface area contributed by atoms with Crippen molar-refractivity contribution in [3.63, 3.8) is 0 Å². The summed E-state index contributed by atoms with van der Waals surface area (Å²) < 4.78 is 10.9. The topological polar surface area (TPSA) is 80.4 Å². The third kappa shape index (κ3) is 4.03. The second-order valence-corrected chi connectivity index (χ2v) is 6.67. The Labute approximate surface area is 173 Å². The SMILES string of the molecule is COc1cccc(NC(=O)[C@H](OC(=O)c2c[nH]c3ccccc23)c2ccccc2)c1. The van der Waals surface area contributed by atoms with Crippen LogP contribution in [0, 0.1) is 0 Å². The van der Waals surface area contributed by atoms with Gasteiger partial charge < -0.3 is 19.8 Å². The number of carbonyl (C=O) groups excluding carboxylic acids is 2. The van der Waals surface area contributed by atoms with Crippen molar-refractivity contribution in [2.45, 2.75) is 6.10 Å². The summed E-state index contributed by atoms with van der Waals surface area (Å²) in [5, 5.41) is 3.54. The molecule has 1 heterocycles. The van der Waals surface area contributed by atoms with Crippen molar-refractivity contribution in [2.24, 2.45) is 0 Å². The van der Waals surface area contributed by atoms with Crippen molar-refractivity contribution in [2.75, 3.05) is 12.4 Å². The van der Waals surface area contributed by atoms with Crippen molar-refractivity contribution in [1.29, 1.82) is 0 Å². The van der Waals surface area contributed by atoms with Crippen LogP contribution in [0.5, 0.6) is 5.75 Å². The van der Waals surface area contributed by atoms with E-state index in [4.69, 9.17) is 9.47 Å². The van der Waals surface area contributed by atoms with Gasteiger partial charge in [0.25, 0.3) is 5.91 Å². The predicted molar refractivity (Wildman–Crippen MR) is 115 cm³/mol. The summed E-state index contributed by atoms with van der Waals surface area (Å²) in [7, 11) is 1.55. The molecule has 6 heteroatoms. The van der Waals surface area contributed by atoms with Gasteiger partial charge in [-0.15, -0.1) is 0 Å². The van der Waals surface area contributed by atoms with Crippen molar-refractivity contribution >= 4 is 28.5 Å². The molecule has 150 valence electrons. The van der Waals surface area contributed by atoms with E-state index in [0.717, 1.165) is 10.9 Å². The molecule has 4 aromatic rings. The number of rotatable bonds is 6. The number of hydrogen-bond acceptors (Lipinski definition) is 4. The van der Waals surface area contributed by atoms with Crippen LogP contribution in [0.25, 0.3) is 10.9 Å². The number of fused-ring (bicyclic) bond motifs is 1. The number of aromatic nitrogens is 1. The van der Waals surface area contributed by atoms with Crippen LogP contribution in [0.2, 0.25) is 0 Å². The molecule has 0 radical (unpaired) electrons. The van der Waals surface area contributed by atoms with Gasteiger partial charge in [0, 0.05) is 34.4 Å². The first kappa shape index (κ1) is 19.3. The molecule has 1 amide bonds. The first-order valence-electron chi connectivity index (χ1n) is 9.42. The smallest absolute Gasteiger partial charge is 0.341 e. The molecule has 0 unspecified atom stereocenters. The van der Waals surface area contributed by atoms with Crippen molar-refractivity contribution < 1.29 is 19.1 Å². The molecule has 30 heavy (non-hydrogen) atoms. The zero-order valence-corrected chi connectivity index (χ0v) is 16.3. The van der Waals surface area contributed by atoms with Gasteiger partial charge in [-0.1, -0.05) is 54.6 Å². The van der Waals surface area contributed by atoms with Gasteiger partial charge in [0.05, 0.1) is 12.7 Å². The summed E-state index contributed by atoms with van der Waals surface area (Å²) >= 11 is 0. The number of aromatic amines is 1. The summed E-state index contributed by atoms with van der Waals surface area (Å²) in [6.45, 7) is 0. The molecule has 0 bridgehead atoms. The molecule has 0 saturated heterocycles. The lowest BCUT2D eigenvalue weighted by molar-refractivity contribution is -0.125. The molecule has 0 aliphatic heterocycles. The maximum Gasteiger partial charge on any atom is 0.341 e. The van der Waals surface area contributed by atoms with E-state index in [1.165, 1.54) is 0 Å². The summed E-state index contributed by atoms with van der Waals surface area (Å²) in [6.07, 6.45) is 0.480. The Kier molecular flexibility index (Phi) is 5.48. The van der Waals surface area contributed by atoms with E-state index in [2.05, 4.69) is 10.3 Å². The highest BCUT2D eigenvalue weighted by Gasteiger charge is 2.27. The molecule has 0 aliphatic rings. The van der Waals surface area contributed by atoms with Crippen LogP contribution >= 0.6 is 0 Å². The number of anilines is 1. The van der Waals surface area contributed by atoms with Gasteiger partial charge in [-0.25, -0.2) is 4.79 Å². The fourth-order valence-electron chi connectivity index (χ4n) is 3.22. The molecule has 0 aliphatic carbocycles. The summed E-state index contributed by atoms with van der Waals surface area (Å²) in [6, 6.07) is 23.3.